The number of aliphatic hydroxyl groups excluding tert-OH is 1. The van der Waals surface area contributed by atoms with Crippen molar-refractivity contribution < 1.29 is 5.11 Å². The molecular formula is C10H13Cl3N2O. The lowest BCUT2D eigenvalue weighted by Crippen LogP contribution is -2.19. The second kappa shape index (κ2) is 6.50. The van der Waals surface area contributed by atoms with Crippen LogP contribution in [0.3, 0.4) is 0 Å². The van der Waals surface area contributed by atoms with E-state index in [-0.39, 0.29) is 5.15 Å². The summed E-state index contributed by atoms with van der Waals surface area (Å²) in [7, 11) is 0. The molecule has 0 spiro atoms. The highest BCUT2D eigenvalue weighted by molar-refractivity contribution is 6.42. The molecule has 0 amide bonds. The van der Waals surface area contributed by atoms with Crippen LogP contribution in [0.15, 0.2) is 6.07 Å². The standard InChI is InChI=1S/C10H13Cl3N2O/c1-2-3-6(16)5-14-10-8(12)4-7(11)9(13)15-10/h4,6,16H,2-3,5H2,1H3,(H,14,15). The van der Waals surface area contributed by atoms with Gasteiger partial charge in [0.2, 0.25) is 0 Å². The van der Waals surface area contributed by atoms with E-state index in [2.05, 4.69) is 10.3 Å². The quantitative estimate of drug-likeness (QED) is 0.811. The van der Waals surface area contributed by atoms with Gasteiger partial charge < -0.3 is 10.4 Å². The zero-order valence-corrected chi connectivity index (χ0v) is 11.1. The summed E-state index contributed by atoms with van der Waals surface area (Å²) in [6.45, 7) is 2.39. The molecule has 1 rings (SSSR count). The van der Waals surface area contributed by atoms with Gasteiger partial charge in [0.1, 0.15) is 11.0 Å². The Bertz CT molecular complexity index is 360. The van der Waals surface area contributed by atoms with Crippen LogP contribution in [-0.4, -0.2) is 22.7 Å². The van der Waals surface area contributed by atoms with Crippen LogP contribution in [0.1, 0.15) is 19.8 Å². The summed E-state index contributed by atoms with van der Waals surface area (Å²) in [4.78, 5) is 3.98. The minimum atomic E-state index is -0.419. The lowest BCUT2D eigenvalue weighted by Gasteiger charge is -2.12. The molecule has 2 N–H and O–H groups in total. The molecule has 16 heavy (non-hydrogen) atoms. The lowest BCUT2D eigenvalue weighted by molar-refractivity contribution is 0.176. The Kier molecular flexibility index (Phi) is 5.62. The zero-order chi connectivity index (χ0) is 12.1. The number of pyridine rings is 1. The van der Waals surface area contributed by atoms with E-state index in [4.69, 9.17) is 34.8 Å². The minimum absolute atomic E-state index is 0.193. The average Bonchev–Trinajstić information content (AvgIpc) is 2.22. The highest BCUT2D eigenvalue weighted by Crippen LogP contribution is 2.28. The molecule has 0 aliphatic carbocycles. The van der Waals surface area contributed by atoms with Gasteiger partial charge in [0.05, 0.1) is 16.1 Å². The molecule has 0 aliphatic rings. The van der Waals surface area contributed by atoms with E-state index in [0.717, 1.165) is 12.8 Å². The molecule has 0 bridgehead atoms. The van der Waals surface area contributed by atoms with Crippen LogP contribution in [-0.2, 0) is 0 Å². The molecule has 0 radical (unpaired) electrons. The van der Waals surface area contributed by atoms with Gasteiger partial charge in [-0.15, -0.1) is 0 Å². The van der Waals surface area contributed by atoms with Crippen molar-refractivity contribution in [3.8, 4) is 0 Å². The van der Waals surface area contributed by atoms with Crippen molar-refractivity contribution >= 4 is 40.6 Å². The van der Waals surface area contributed by atoms with E-state index in [1.54, 1.807) is 0 Å². The molecule has 0 fully saturated rings. The van der Waals surface area contributed by atoms with Gasteiger partial charge in [-0.3, -0.25) is 0 Å². The number of aromatic nitrogens is 1. The smallest absolute Gasteiger partial charge is 0.150 e. The normalized spacial score (nSPS) is 12.6. The minimum Gasteiger partial charge on any atom is -0.391 e. The number of aliphatic hydroxyl groups is 1. The van der Waals surface area contributed by atoms with Crippen molar-refractivity contribution in [2.24, 2.45) is 0 Å². The molecule has 6 heteroatoms. The molecule has 0 saturated heterocycles. The average molecular weight is 284 g/mol. The van der Waals surface area contributed by atoms with Crippen molar-refractivity contribution in [3.05, 3.63) is 21.3 Å². The Morgan fingerprint density at radius 1 is 1.38 bits per heavy atom. The first kappa shape index (κ1) is 13.8. The van der Waals surface area contributed by atoms with Gasteiger partial charge >= 0.3 is 0 Å². The van der Waals surface area contributed by atoms with Crippen LogP contribution in [0.25, 0.3) is 0 Å². The fourth-order valence-corrected chi connectivity index (χ4v) is 1.78. The number of hydrogen-bond donors (Lipinski definition) is 2. The van der Waals surface area contributed by atoms with Gasteiger partial charge in [-0.1, -0.05) is 48.1 Å². The predicted molar refractivity (Wildman–Crippen MR) is 68.7 cm³/mol. The fraction of sp³-hybridized carbons (Fsp3) is 0.500. The van der Waals surface area contributed by atoms with Gasteiger partial charge in [0.25, 0.3) is 0 Å². The molecule has 0 aliphatic heterocycles. The first-order valence-corrected chi connectivity index (χ1v) is 6.11. The maximum atomic E-state index is 9.53. The van der Waals surface area contributed by atoms with Crippen molar-refractivity contribution in [2.75, 3.05) is 11.9 Å². The number of hydrogen-bond acceptors (Lipinski definition) is 3. The maximum Gasteiger partial charge on any atom is 0.150 e. The lowest BCUT2D eigenvalue weighted by atomic mass is 10.2. The summed E-state index contributed by atoms with van der Waals surface area (Å²) in [5.41, 5.74) is 0. The number of halogens is 3. The second-order valence-electron chi connectivity index (χ2n) is 3.41. The van der Waals surface area contributed by atoms with E-state index in [9.17, 15) is 5.11 Å². The molecule has 0 saturated carbocycles. The second-order valence-corrected chi connectivity index (χ2v) is 4.59. The van der Waals surface area contributed by atoms with E-state index >= 15 is 0 Å². The van der Waals surface area contributed by atoms with E-state index < -0.39 is 6.10 Å². The fourth-order valence-electron chi connectivity index (χ4n) is 1.22. The SMILES string of the molecule is CCCC(O)CNc1nc(Cl)c(Cl)cc1Cl. The van der Waals surface area contributed by atoms with Crippen molar-refractivity contribution in [3.63, 3.8) is 0 Å². The molecule has 3 nitrogen and oxygen atoms in total. The van der Waals surface area contributed by atoms with E-state index in [1.807, 2.05) is 6.92 Å². The summed E-state index contributed by atoms with van der Waals surface area (Å²) < 4.78 is 0. The Morgan fingerprint density at radius 2 is 2.06 bits per heavy atom. The first-order chi connectivity index (χ1) is 7.54. The summed E-state index contributed by atoms with van der Waals surface area (Å²) in [6.07, 6.45) is 1.23. The zero-order valence-electron chi connectivity index (χ0n) is 8.80. The van der Waals surface area contributed by atoms with Crippen molar-refractivity contribution in [1.29, 1.82) is 0 Å². The Hall–Kier alpha value is -0.220. The van der Waals surface area contributed by atoms with Gasteiger partial charge in [0, 0.05) is 6.54 Å². The summed E-state index contributed by atoms with van der Waals surface area (Å²) in [6, 6.07) is 1.52. The van der Waals surface area contributed by atoms with Crippen molar-refractivity contribution in [2.45, 2.75) is 25.9 Å². The Morgan fingerprint density at radius 3 is 2.69 bits per heavy atom. The highest BCUT2D eigenvalue weighted by Gasteiger charge is 2.09. The molecule has 90 valence electrons. The van der Waals surface area contributed by atoms with Crippen molar-refractivity contribution in [1.82, 2.24) is 4.98 Å². The summed E-state index contributed by atoms with van der Waals surface area (Å²) in [5.74, 6) is 0.436. The molecule has 1 unspecified atom stereocenters. The third-order valence-electron chi connectivity index (χ3n) is 2.01. The predicted octanol–water partition coefficient (Wildman–Crippen LogP) is 3.61. The van der Waals surface area contributed by atoms with Gasteiger partial charge in [-0.2, -0.15) is 0 Å². The van der Waals surface area contributed by atoms with Crippen LogP contribution in [0.5, 0.6) is 0 Å². The van der Waals surface area contributed by atoms with E-state index in [1.165, 1.54) is 6.07 Å². The molecule has 0 aromatic carbocycles. The third-order valence-corrected chi connectivity index (χ3v) is 2.97. The van der Waals surface area contributed by atoms with Gasteiger partial charge in [-0.05, 0) is 12.5 Å². The number of anilines is 1. The number of rotatable bonds is 5. The van der Waals surface area contributed by atoms with Crippen LogP contribution in [0, 0.1) is 0 Å². The maximum absolute atomic E-state index is 9.53. The van der Waals surface area contributed by atoms with Crippen LogP contribution in [0.4, 0.5) is 5.82 Å². The van der Waals surface area contributed by atoms with Gasteiger partial charge in [0.15, 0.2) is 0 Å². The molecular weight excluding hydrogens is 270 g/mol. The Labute approximate surface area is 110 Å². The van der Waals surface area contributed by atoms with Gasteiger partial charge in [-0.25, -0.2) is 4.98 Å². The highest BCUT2D eigenvalue weighted by atomic mass is 35.5. The summed E-state index contributed by atoms with van der Waals surface area (Å²) >= 11 is 17.4. The molecule has 1 aromatic rings. The largest absolute Gasteiger partial charge is 0.391 e. The monoisotopic (exact) mass is 282 g/mol. The molecule has 1 heterocycles. The van der Waals surface area contributed by atoms with Crippen LogP contribution in [0.2, 0.25) is 15.2 Å². The number of nitrogens with one attached hydrogen (secondary N) is 1. The van der Waals surface area contributed by atoms with Crippen LogP contribution >= 0.6 is 34.8 Å². The summed E-state index contributed by atoms with van der Waals surface area (Å²) in [5, 5.41) is 13.4. The molecule has 1 aromatic heterocycles. The van der Waals surface area contributed by atoms with Crippen LogP contribution < -0.4 is 5.32 Å². The first-order valence-electron chi connectivity index (χ1n) is 4.98. The van der Waals surface area contributed by atoms with E-state index in [0.29, 0.717) is 22.4 Å². The topological polar surface area (TPSA) is 45.1 Å². The molecule has 1 atom stereocenters. The third kappa shape index (κ3) is 3.98. The number of nitrogens with zero attached hydrogens (tertiary/aromatic N) is 1. The Balaban J connectivity index is 2.63.